The summed E-state index contributed by atoms with van der Waals surface area (Å²) >= 11 is 3.42. The molecule has 2 aromatic rings. The van der Waals surface area contributed by atoms with Crippen molar-refractivity contribution in [3.05, 3.63) is 52.0 Å². The third kappa shape index (κ3) is 8.09. The van der Waals surface area contributed by atoms with Gasteiger partial charge in [0, 0.05) is 0 Å². The van der Waals surface area contributed by atoms with Crippen LogP contribution in [-0.4, -0.2) is 44.9 Å². The molecule has 2 N–H and O–H groups in total. The predicted octanol–water partition coefficient (Wildman–Crippen LogP) is 3.83. The molecule has 0 radical (unpaired) electrons. The highest BCUT2D eigenvalue weighted by atomic mass is 79.9. The number of aryl methyl sites for hydroxylation is 1. The maximum Gasteiger partial charge on any atom is 0.262 e. The number of amides is 2. The largest absolute Gasteiger partial charge is 0.493 e. The molecule has 0 bridgehead atoms. The van der Waals surface area contributed by atoms with Crippen LogP contribution in [0.25, 0.3) is 0 Å². The standard InChI is InChI=1S/C24H30BrN3O5/c1-15(2)10-19(27-22(29)14-33-20-9-7-6-8-16(20)3)24(30)28-26-13-17-11-18(25)23(32-5)21(12-17)31-4/h6-9,11-13,15,19H,10,14H2,1-5H3,(H,27,29)(H,28,30)/b26-13-/t19-/m0/s1. The molecule has 0 aliphatic rings. The van der Waals surface area contributed by atoms with Crippen LogP contribution in [0, 0.1) is 12.8 Å². The molecule has 0 fully saturated rings. The van der Waals surface area contributed by atoms with Crippen molar-refractivity contribution in [2.45, 2.75) is 33.2 Å². The van der Waals surface area contributed by atoms with Crippen molar-refractivity contribution in [1.82, 2.24) is 10.7 Å². The zero-order valence-electron chi connectivity index (χ0n) is 19.5. The van der Waals surface area contributed by atoms with Crippen LogP contribution < -0.4 is 25.0 Å². The second-order valence-electron chi connectivity index (χ2n) is 7.78. The number of benzene rings is 2. The molecule has 1 atom stereocenters. The fourth-order valence-corrected chi connectivity index (χ4v) is 3.68. The van der Waals surface area contributed by atoms with Gasteiger partial charge in [-0.1, -0.05) is 32.0 Å². The average Bonchev–Trinajstić information content (AvgIpc) is 2.77. The number of nitrogens with one attached hydrogen (secondary N) is 2. The van der Waals surface area contributed by atoms with Crippen LogP contribution in [0.2, 0.25) is 0 Å². The Morgan fingerprint density at radius 1 is 1.12 bits per heavy atom. The highest BCUT2D eigenvalue weighted by Crippen LogP contribution is 2.35. The molecule has 2 aromatic carbocycles. The van der Waals surface area contributed by atoms with Gasteiger partial charge in [-0.05, 0) is 64.5 Å². The molecule has 0 unspecified atom stereocenters. The molecule has 0 saturated heterocycles. The van der Waals surface area contributed by atoms with Crippen molar-refractivity contribution >= 4 is 34.0 Å². The summed E-state index contributed by atoms with van der Waals surface area (Å²) in [6.07, 6.45) is 1.94. The lowest BCUT2D eigenvalue weighted by molar-refractivity contribution is -0.130. The summed E-state index contributed by atoms with van der Waals surface area (Å²) in [7, 11) is 3.08. The summed E-state index contributed by atoms with van der Waals surface area (Å²) in [4.78, 5) is 25.1. The lowest BCUT2D eigenvalue weighted by atomic mass is 10.0. The fraction of sp³-hybridized carbons (Fsp3) is 0.375. The number of nitrogens with zero attached hydrogens (tertiary/aromatic N) is 1. The lowest BCUT2D eigenvalue weighted by Crippen LogP contribution is -2.47. The number of carbonyl (C=O) groups is 2. The monoisotopic (exact) mass is 519 g/mol. The molecule has 2 amide bonds. The van der Waals surface area contributed by atoms with Crippen LogP contribution in [0.15, 0.2) is 46.0 Å². The molecule has 0 aromatic heterocycles. The van der Waals surface area contributed by atoms with E-state index in [2.05, 4.69) is 31.8 Å². The van der Waals surface area contributed by atoms with Gasteiger partial charge in [-0.15, -0.1) is 0 Å². The molecule has 178 valence electrons. The number of hydrazone groups is 1. The van der Waals surface area contributed by atoms with Crippen molar-refractivity contribution < 1.29 is 23.8 Å². The number of ether oxygens (including phenoxy) is 3. The van der Waals surface area contributed by atoms with Crippen LogP contribution >= 0.6 is 15.9 Å². The van der Waals surface area contributed by atoms with Crippen molar-refractivity contribution in [1.29, 1.82) is 0 Å². The summed E-state index contributed by atoms with van der Waals surface area (Å²) < 4.78 is 16.9. The summed E-state index contributed by atoms with van der Waals surface area (Å²) in [5.74, 6) is 1.10. The van der Waals surface area contributed by atoms with E-state index in [4.69, 9.17) is 14.2 Å². The van der Waals surface area contributed by atoms with Crippen molar-refractivity contribution in [3.8, 4) is 17.2 Å². The number of hydrogen-bond acceptors (Lipinski definition) is 6. The van der Waals surface area contributed by atoms with Crippen LogP contribution in [0.4, 0.5) is 0 Å². The first-order chi connectivity index (χ1) is 15.7. The third-order valence-electron chi connectivity index (χ3n) is 4.66. The summed E-state index contributed by atoms with van der Waals surface area (Å²) in [6, 6.07) is 10.2. The number of rotatable bonds is 11. The van der Waals surface area contributed by atoms with Crippen LogP contribution in [0.1, 0.15) is 31.4 Å². The first kappa shape index (κ1) is 26.2. The molecule has 0 aliphatic carbocycles. The zero-order chi connectivity index (χ0) is 24.4. The Bertz CT molecular complexity index is 994. The van der Waals surface area contributed by atoms with E-state index in [1.54, 1.807) is 25.3 Å². The van der Waals surface area contributed by atoms with Gasteiger partial charge in [-0.3, -0.25) is 9.59 Å². The molecule has 0 heterocycles. The van der Waals surface area contributed by atoms with Gasteiger partial charge in [-0.2, -0.15) is 5.10 Å². The Kier molecular flexibility index (Phi) is 10.2. The van der Waals surface area contributed by atoms with Gasteiger partial charge in [0.15, 0.2) is 18.1 Å². The van der Waals surface area contributed by atoms with E-state index in [9.17, 15) is 9.59 Å². The first-order valence-corrected chi connectivity index (χ1v) is 11.3. The molecular formula is C24H30BrN3O5. The first-order valence-electron chi connectivity index (χ1n) is 10.5. The van der Waals surface area contributed by atoms with Gasteiger partial charge in [0.05, 0.1) is 24.9 Å². The minimum atomic E-state index is -0.743. The topological polar surface area (TPSA) is 98.2 Å². The van der Waals surface area contributed by atoms with Crippen LogP contribution in [0.5, 0.6) is 17.2 Å². The average molecular weight is 520 g/mol. The Labute approximate surface area is 202 Å². The van der Waals surface area contributed by atoms with Crippen molar-refractivity contribution in [2.75, 3.05) is 20.8 Å². The second kappa shape index (κ2) is 12.8. The van der Waals surface area contributed by atoms with Crippen LogP contribution in [0.3, 0.4) is 0 Å². The lowest BCUT2D eigenvalue weighted by Gasteiger charge is -2.19. The minimum Gasteiger partial charge on any atom is -0.493 e. The van der Waals surface area contributed by atoms with Crippen molar-refractivity contribution in [3.63, 3.8) is 0 Å². The summed E-state index contributed by atoms with van der Waals surface area (Å²) in [6.45, 7) is 5.66. The van der Waals surface area contributed by atoms with E-state index in [-0.39, 0.29) is 18.4 Å². The Hall–Kier alpha value is -3.07. The maximum absolute atomic E-state index is 12.7. The molecule has 0 saturated carbocycles. The molecule has 8 nitrogen and oxygen atoms in total. The van der Waals surface area contributed by atoms with Crippen LogP contribution in [-0.2, 0) is 9.59 Å². The van der Waals surface area contributed by atoms with E-state index in [1.807, 2.05) is 39.0 Å². The summed E-state index contributed by atoms with van der Waals surface area (Å²) in [5, 5.41) is 6.76. The SMILES string of the molecule is COc1cc(/C=N\NC(=O)[C@H](CC(C)C)NC(=O)COc2ccccc2C)cc(Br)c1OC. The number of carbonyl (C=O) groups excluding carboxylic acids is 2. The number of halogens is 1. The Morgan fingerprint density at radius 3 is 2.48 bits per heavy atom. The van der Waals surface area contributed by atoms with Gasteiger partial charge in [0.1, 0.15) is 11.8 Å². The van der Waals surface area contributed by atoms with Gasteiger partial charge < -0.3 is 19.5 Å². The van der Waals surface area contributed by atoms with Gasteiger partial charge in [0.2, 0.25) is 0 Å². The smallest absolute Gasteiger partial charge is 0.262 e. The van der Waals surface area contributed by atoms with E-state index in [0.717, 1.165) is 5.56 Å². The quantitative estimate of drug-likeness (QED) is 0.347. The number of methoxy groups -OCH3 is 2. The zero-order valence-corrected chi connectivity index (χ0v) is 21.1. The fourth-order valence-electron chi connectivity index (χ4n) is 3.06. The maximum atomic E-state index is 12.7. The predicted molar refractivity (Wildman–Crippen MR) is 131 cm³/mol. The van der Waals surface area contributed by atoms with E-state index >= 15 is 0 Å². The second-order valence-corrected chi connectivity index (χ2v) is 8.63. The molecule has 0 aliphatic heterocycles. The van der Waals surface area contributed by atoms with Gasteiger partial charge in [-0.25, -0.2) is 5.43 Å². The molecule has 9 heteroatoms. The molecular weight excluding hydrogens is 490 g/mol. The van der Waals surface area contributed by atoms with Gasteiger partial charge >= 0.3 is 0 Å². The number of para-hydroxylation sites is 1. The highest BCUT2D eigenvalue weighted by molar-refractivity contribution is 9.10. The van der Waals surface area contributed by atoms with E-state index in [1.165, 1.54) is 13.3 Å². The van der Waals surface area contributed by atoms with Gasteiger partial charge in [0.25, 0.3) is 11.8 Å². The Balaban J connectivity index is 2.00. The van der Waals surface area contributed by atoms with Crippen molar-refractivity contribution in [2.24, 2.45) is 11.0 Å². The number of hydrogen-bond donors (Lipinski definition) is 2. The summed E-state index contributed by atoms with van der Waals surface area (Å²) in [5.41, 5.74) is 4.12. The Morgan fingerprint density at radius 2 is 1.85 bits per heavy atom. The molecule has 2 rings (SSSR count). The highest BCUT2D eigenvalue weighted by Gasteiger charge is 2.22. The normalized spacial score (nSPS) is 11.8. The molecule has 33 heavy (non-hydrogen) atoms. The van der Waals surface area contributed by atoms with E-state index < -0.39 is 11.9 Å². The third-order valence-corrected chi connectivity index (χ3v) is 5.24. The minimum absolute atomic E-state index is 0.184. The molecule has 0 spiro atoms. The van der Waals surface area contributed by atoms with E-state index in [0.29, 0.717) is 33.7 Å².